The molecule has 1 amide bonds. The molecule has 5 N–H and O–H groups in total. The Morgan fingerprint density at radius 1 is 1.06 bits per heavy atom. The lowest BCUT2D eigenvalue weighted by molar-refractivity contribution is -0.118. The van der Waals surface area contributed by atoms with Gasteiger partial charge >= 0.3 is 0 Å². The van der Waals surface area contributed by atoms with E-state index in [0.717, 1.165) is 20.5 Å². The third kappa shape index (κ3) is 4.66. The van der Waals surface area contributed by atoms with Crippen LogP contribution in [0.15, 0.2) is 65.8 Å². The number of carbonyl (C=O) groups is 1. The Hall–Kier alpha value is -4.21. The third-order valence-corrected chi connectivity index (χ3v) is 7.68. The van der Waals surface area contributed by atoms with Gasteiger partial charge in [0.1, 0.15) is 6.33 Å². The van der Waals surface area contributed by atoms with Crippen molar-refractivity contribution in [3.8, 4) is 0 Å². The molecule has 3 heterocycles. The molecule has 5 aromatic rings. The highest BCUT2D eigenvalue weighted by atomic mass is 32.2. The van der Waals surface area contributed by atoms with Crippen molar-refractivity contribution in [2.75, 3.05) is 22.9 Å². The van der Waals surface area contributed by atoms with E-state index in [1.807, 2.05) is 24.3 Å². The van der Waals surface area contributed by atoms with Crippen LogP contribution in [0.1, 0.15) is 0 Å². The van der Waals surface area contributed by atoms with Crippen molar-refractivity contribution in [3.63, 3.8) is 0 Å². The summed E-state index contributed by atoms with van der Waals surface area (Å²) in [6.07, 6.45) is 1.11. The van der Waals surface area contributed by atoms with Gasteiger partial charge in [0.2, 0.25) is 11.9 Å². The molecule has 0 spiro atoms. The number of fused-ring (bicyclic) bond motifs is 2. The van der Waals surface area contributed by atoms with Gasteiger partial charge in [-0.05, 0) is 36.5 Å². The van der Waals surface area contributed by atoms with Crippen LogP contribution in [0, 0.1) is 0 Å². The highest BCUT2D eigenvalue weighted by Gasteiger charge is 2.23. The summed E-state index contributed by atoms with van der Waals surface area (Å²) in [5.74, 6) is -0.571. The molecule has 5 rings (SSSR count). The average Bonchev–Trinajstić information content (AvgIpc) is 3.47. The molecule has 0 aliphatic carbocycles. The van der Waals surface area contributed by atoms with Crippen LogP contribution in [0.5, 0.6) is 0 Å². The topological polar surface area (TPSA) is 170 Å². The molecule has 0 saturated heterocycles. The molecule has 0 bridgehead atoms. The highest BCUT2D eigenvalue weighted by Crippen LogP contribution is 2.25. The molecule has 0 unspecified atom stereocenters. The standard InChI is InChI=1S/C21H17N9O3S3/c22-19-27-17(16-18(28-19)30(11-24-16)36(32,33)12-6-2-1-3-7-12)23-10-15(31)26-20(34)29-21-25-13-8-4-5-9-14(13)35-21/h1-9,11H,10H2,(H3,22,23,27,28)(H2,25,26,29,31,34). The van der Waals surface area contributed by atoms with E-state index in [-0.39, 0.29) is 39.5 Å². The lowest BCUT2D eigenvalue weighted by Gasteiger charge is -2.10. The molecule has 182 valence electrons. The molecule has 36 heavy (non-hydrogen) atoms. The maximum absolute atomic E-state index is 13.0. The first-order valence-corrected chi connectivity index (χ1v) is 13.0. The first kappa shape index (κ1) is 23.5. The number of aromatic nitrogens is 5. The second-order valence-electron chi connectivity index (χ2n) is 7.30. The number of thiocarbonyl (C=S) groups is 1. The van der Waals surface area contributed by atoms with Gasteiger partial charge in [0.05, 0.1) is 21.7 Å². The zero-order chi connectivity index (χ0) is 25.3. The van der Waals surface area contributed by atoms with Crippen LogP contribution >= 0.6 is 23.6 Å². The number of nitrogens with one attached hydrogen (secondary N) is 3. The summed E-state index contributed by atoms with van der Waals surface area (Å²) in [6.45, 7) is -0.245. The van der Waals surface area contributed by atoms with Crippen LogP contribution < -0.4 is 21.7 Å². The molecule has 2 aromatic carbocycles. The summed E-state index contributed by atoms with van der Waals surface area (Å²) in [5.41, 5.74) is 6.73. The lowest BCUT2D eigenvalue weighted by atomic mass is 10.3. The van der Waals surface area contributed by atoms with Crippen LogP contribution in [0.3, 0.4) is 0 Å². The van der Waals surface area contributed by atoms with Crippen molar-refractivity contribution in [2.24, 2.45) is 0 Å². The quantitative estimate of drug-likeness (QED) is 0.233. The van der Waals surface area contributed by atoms with Gasteiger partial charge in [-0.3, -0.25) is 4.79 Å². The summed E-state index contributed by atoms with van der Waals surface area (Å²) in [5, 5.41) is 8.86. The monoisotopic (exact) mass is 539 g/mol. The first-order chi connectivity index (χ1) is 17.3. The number of anilines is 3. The molecule has 0 aliphatic heterocycles. The van der Waals surface area contributed by atoms with E-state index >= 15 is 0 Å². The Balaban J connectivity index is 1.29. The SMILES string of the molecule is Nc1nc(NCC(=O)NC(=S)Nc2nc3ccccc3s2)c2ncn(S(=O)(=O)c3ccccc3)c2n1. The minimum absolute atomic E-state index is 0.0257. The van der Waals surface area contributed by atoms with Gasteiger partial charge in [0.25, 0.3) is 10.0 Å². The van der Waals surface area contributed by atoms with Gasteiger partial charge in [-0.25, -0.2) is 22.4 Å². The van der Waals surface area contributed by atoms with Crippen molar-refractivity contribution in [1.82, 2.24) is 29.2 Å². The zero-order valence-corrected chi connectivity index (χ0v) is 20.7. The van der Waals surface area contributed by atoms with E-state index < -0.39 is 15.9 Å². The number of nitrogens with zero attached hydrogens (tertiary/aromatic N) is 5. The van der Waals surface area contributed by atoms with E-state index in [4.69, 9.17) is 18.0 Å². The predicted octanol–water partition coefficient (Wildman–Crippen LogP) is 2.18. The summed E-state index contributed by atoms with van der Waals surface area (Å²) in [7, 11) is -3.97. The van der Waals surface area contributed by atoms with Gasteiger partial charge in [-0.1, -0.05) is 41.7 Å². The number of benzene rings is 2. The van der Waals surface area contributed by atoms with Crippen molar-refractivity contribution in [1.29, 1.82) is 0 Å². The predicted molar refractivity (Wildman–Crippen MR) is 141 cm³/mol. The number of amides is 1. The van der Waals surface area contributed by atoms with Crippen molar-refractivity contribution in [2.45, 2.75) is 4.90 Å². The zero-order valence-electron chi connectivity index (χ0n) is 18.2. The summed E-state index contributed by atoms with van der Waals surface area (Å²) in [6, 6.07) is 15.4. The number of rotatable bonds is 6. The van der Waals surface area contributed by atoms with E-state index in [1.54, 1.807) is 18.2 Å². The Morgan fingerprint density at radius 2 is 1.81 bits per heavy atom. The Morgan fingerprint density at radius 3 is 2.58 bits per heavy atom. The van der Waals surface area contributed by atoms with Crippen LogP contribution in [0.4, 0.5) is 16.9 Å². The number of imidazole rings is 1. The van der Waals surface area contributed by atoms with Crippen LogP contribution in [-0.4, -0.2) is 49.9 Å². The average molecular weight is 540 g/mol. The molecule has 0 radical (unpaired) electrons. The molecule has 0 fully saturated rings. The summed E-state index contributed by atoms with van der Waals surface area (Å²) in [4.78, 5) is 29.1. The van der Waals surface area contributed by atoms with Gasteiger partial charge < -0.3 is 21.7 Å². The van der Waals surface area contributed by atoms with Crippen molar-refractivity contribution >= 4 is 82.9 Å². The Labute approximate surface area is 213 Å². The van der Waals surface area contributed by atoms with Crippen LogP contribution in [0.2, 0.25) is 0 Å². The van der Waals surface area contributed by atoms with Gasteiger partial charge in [0.15, 0.2) is 27.2 Å². The summed E-state index contributed by atoms with van der Waals surface area (Å²) >= 11 is 6.61. The van der Waals surface area contributed by atoms with Gasteiger partial charge in [-0.2, -0.15) is 9.97 Å². The molecule has 3 aromatic heterocycles. The lowest BCUT2D eigenvalue weighted by Crippen LogP contribution is -2.37. The smallest absolute Gasteiger partial charge is 0.270 e. The Bertz CT molecular complexity index is 1680. The Kier molecular flexibility index (Phi) is 6.17. The van der Waals surface area contributed by atoms with E-state index in [9.17, 15) is 13.2 Å². The normalized spacial score (nSPS) is 11.4. The number of para-hydroxylation sites is 1. The molecule has 12 nitrogen and oxygen atoms in total. The minimum Gasteiger partial charge on any atom is -0.368 e. The number of hydrogen-bond acceptors (Lipinski definition) is 11. The second-order valence-corrected chi connectivity index (χ2v) is 10.6. The fraction of sp³-hybridized carbons (Fsp3) is 0.0476. The van der Waals surface area contributed by atoms with Crippen LogP contribution in [0.25, 0.3) is 21.4 Å². The second kappa shape index (κ2) is 9.44. The third-order valence-electron chi connectivity index (χ3n) is 4.87. The number of thiazole rings is 1. The molecular weight excluding hydrogens is 522 g/mol. The van der Waals surface area contributed by atoms with E-state index in [2.05, 4.69) is 35.9 Å². The fourth-order valence-corrected chi connectivity index (χ4v) is 5.69. The number of nitrogen functional groups attached to an aromatic ring is 1. The minimum atomic E-state index is -3.97. The first-order valence-electron chi connectivity index (χ1n) is 10.3. The summed E-state index contributed by atoms with van der Waals surface area (Å²) < 4.78 is 28.0. The van der Waals surface area contributed by atoms with Crippen molar-refractivity contribution in [3.05, 3.63) is 60.9 Å². The largest absolute Gasteiger partial charge is 0.368 e. The molecule has 0 saturated carbocycles. The van der Waals surface area contributed by atoms with Gasteiger partial charge in [-0.15, -0.1) is 0 Å². The maximum atomic E-state index is 13.0. The maximum Gasteiger partial charge on any atom is 0.270 e. The number of hydrogen-bond donors (Lipinski definition) is 4. The highest BCUT2D eigenvalue weighted by molar-refractivity contribution is 7.90. The molecular formula is C21H17N9O3S3. The fourth-order valence-electron chi connectivity index (χ4n) is 3.29. The molecule has 0 atom stereocenters. The van der Waals surface area contributed by atoms with E-state index in [0.29, 0.717) is 5.13 Å². The van der Waals surface area contributed by atoms with Gasteiger partial charge in [0, 0.05) is 0 Å². The molecule has 0 aliphatic rings. The van der Waals surface area contributed by atoms with E-state index in [1.165, 1.54) is 23.5 Å². The number of carbonyl (C=O) groups excluding carboxylic acids is 1. The van der Waals surface area contributed by atoms with Crippen molar-refractivity contribution < 1.29 is 13.2 Å². The van der Waals surface area contributed by atoms with Crippen LogP contribution in [-0.2, 0) is 14.8 Å². The molecule has 15 heteroatoms. The number of nitrogens with two attached hydrogens (primary N) is 1.